The number of amides is 1. The van der Waals surface area contributed by atoms with E-state index < -0.39 is 0 Å². The Hall–Kier alpha value is -2.64. The molecule has 2 saturated heterocycles. The molecule has 0 radical (unpaired) electrons. The van der Waals surface area contributed by atoms with Crippen molar-refractivity contribution in [2.24, 2.45) is 11.3 Å². The van der Waals surface area contributed by atoms with Crippen molar-refractivity contribution in [1.29, 1.82) is 0 Å². The Kier molecular flexibility index (Phi) is 6.38. The van der Waals surface area contributed by atoms with Crippen molar-refractivity contribution in [3.8, 4) is 0 Å². The maximum absolute atomic E-state index is 14.0. The molecule has 36 heavy (non-hydrogen) atoms. The Labute approximate surface area is 214 Å². The fourth-order valence-electron chi connectivity index (χ4n) is 6.46. The van der Waals surface area contributed by atoms with Gasteiger partial charge >= 0.3 is 0 Å². The topological polar surface area (TPSA) is 66.9 Å². The zero-order valence-electron chi connectivity index (χ0n) is 21.5. The highest BCUT2D eigenvalue weighted by atomic mass is 16.5. The van der Waals surface area contributed by atoms with Crippen molar-refractivity contribution in [2.75, 3.05) is 41.4 Å². The van der Waals surface area contributed by atoms with Crippen LogP contribution in [0, 0.1) is 11.3 Å². The molecule has 1 aromatic heterocycles. The van der Waals surface area contributed by atoms with Crippen LogP contribution in [0.25, 0.3) is 0 Å². The Morgan fingerprint density at radius 2 is 2.03 bits per heavy atom. The smallest absolute Gasteiger partial charge is 0.230 e. The highest BCUT2D eigenvalue weighted by Gasteiger charge is 2.44. The number of pyridine rings is 1. The lowest BCUT2D eigenvalue weighted by atomic mass is 9.75. The van der Waals surface area contributed by atoms with Crippen LogP contribution in [0.2, 0.25) is 0 Å². The molecule has 0 bridgehead atoms. The van der Waals surface area contributed by atoms with Gasteiger partial charge in [0.05, 0.1) is 36.7 Å². The standard InChI is InChI=1S/C29H38N4O3/c1-20(2)36-24-9-6-21(7-10-24)28(34)33-16-22-5-3-13-30-27(22)31-25-11-8-23(15-26(25)33)32-17-29(18-32)12-4-14-35-19-29/h3,5,8,11,13,15,20-21,24H,4,6-7,9-10,12,14,16-19H2,1-2H3,(H,30,31)/t21-,24-. The van der Waals surface area contributed by atoms with Gasteiger partial charge in [0.25, 0.3) is 0 Å². The molecule has 4 heterocycles. The third-order valence-electron chi connectivity index (χ3n) is 8.32. The highest BCUT2D eigenvalue weighted by Crippen LogP contribution is 2.44. The number of fused-ring (bicyclic) bond motifs is 2. The van der Waals surface area contributed by atoms with Gasteiger partial charge in [0.1, 0.15) is 5.82 Å². The maximum Gasteiger partial charge on any atom is 0.230 e. The summed E-state index contributed by atoms with van der Waals surface area (Å²) in [5.41, 5.74) is 4.42. The average molecular weight is 491 g/mol. The average Bonchev–Trinajstić information content (AvgIpc) is 3.04. The number of anilines is 4. The monoisotopic (exact) mass is 490 g/mol. The molecule has 2 aromatic rings. The lowest BCUT2D eigenvalue weighted by molar-refractivity contribution is -0.124. The quantitative estimate of drug-likeness (QED) is 0.630. The molecular formula is C29H38N4O3. The number of ether oxygens (including phenoxy) is 2. The molecule has 3 fully saturated rings. The summed E-state index contributed by atoms with van der Waals surface area (Å²) in [4.78, 5) is 23.0. The lowest BCUT2D eigenvalue weighted by Crippen LogP contribution is -2.60. The predicted octanol–water partition coefficient (Wildman–Crippen LogP) is 5.27. The largest absolute Gasteiger partial charge is 0.381 e. The van der Waals surface area contributed by atoms with E-state index in [0.717, 1.165) is 81.2 Å². The summed E-state index contributed by atoms with van der Waals surface area (Å²) in [6.45, 7) is 8.51. The number of carbonyl (C=O) groups is 1. The summed E-state index contributed by atoms with van der Waals surface area (Å²) in [5, 5.41) is 3.51. The summed E-state index contributed by atoms with van der Waals surface area (Å²) in [5.74, 6) is 1.08. The van der Waals surface area contributed by atoms with Gasteiger partial charge in [-0.2, -0.15) is 0 Å². The summed E-state index contributed by atoms with van der Waals surface area (Å²) >= 11 is 0. The summed E-state index contributed by atoms with van der Waals surface area (Å²) in [6, 6.07) is 10.5. The number of hydrogen-bond acceptors (Lipinski definition) is 6. The van der Waals surface area contributed by atoms with Gasteiger partial charge in [0, 0.05) is 48.5 Å². The number of nitrogens with zero attached hydrogens (tertiary/aromatic N) is 3. The van der Waals surface area contributed by atoms with Crippen molar-refractivity contribution < 1.29 is 14.3 Å². The molecule has 1 aromatic carbocycles. The molecule has 192 valence electrons. The fourth-order valence-corrected chi connectivity index (χ4v) is 6.46. The third-order valence-corrected chi connectivity index (χ3v) is 8.32. The number of nitrogens with one attached hydrogen (secondary N) is 1. The van der Waals surface area contributed by atoms with Crippen LogP contribution < -0.4 is 15.1 Å². The van der Waals surface area contributed by atoms with E-state index >= 15 is 0 Å². The molecule has 1 spiro atoms. The van der Waals surface area contributed by atoms with Crippen molar-refractivity contribution in [2.45, 2.75) is 71.1 Å². The van der Waals surface area contributed by atoms with E-state index in [2.05, 4.69) is 53.3 Å². The second-order valence-electron chi connectivity index (χ2n) is 11.4. The first-order valence-corrected chi connectivity index (χ1v) is 13.6. The van der Waals surface area contributed by atoms with Crippen LogP contribution in [0.1, 0.15) is 57.9 Å². The van der Waals surface area contributed by atoms with Gasteiger partial charge in [-0.3, -0.25) is 4.79 Å². The zero-order chi connectivity index (χ0) is 24.7. The zero-order valence-corrected chi connectivity index (χ0v) is 21.5. The van der Waals surface area contributed by atoms with Gasteiger partial charge < -0.3 is 24.6 Å². The number of hydrogen-bond donors (Lipinski definition) is 1. The van der Waals surface area contributed by atoms with Gasteiger partial charge in [-0.05, 0) is 76.6 Å². The second-order valence-corrected chi connectivity index (χ2v) is 11.4. The fraction of sp³-hybridized carbons (Fsp3) is 0.586. The van der Waals surface area contributed by atoms with Gasteiger partial charge in [-0.15, -0.1) is 0 Å². The molecule has 1 aliphatic carbocycles. The van der Waals surface area contributed by atoms with Crippen LogP contribution in [0.4, 0.5) is 22.9 Å². The summed E-state index contributed by atoms with van der Waals surface area (Å²) in [7, 11) is 0. The van der Waals surface area contributed by atoms with E-state index in [1.165, 1.54) is 12.1 Å². The SMILES string of the molecule is CC(C)O[C@H]1CC[C@H](C(=O)N2Cc3cccnc3Nc3ccc(N4CC5(CCCOC5)C4)cc32)CC1. The molecule has 7 heteroatoms. The lowest BCUT2D eigenvalue weighted by Gasteiger charge is -2.53. The van der Waals surface area contributed by atoms with Gasteiger partial charge in [-0.25, -0.2) is 4.98 Å². The normalized spacial score (nSPS) is 25.0. The Morgan fingerprint density at radius 3 is 2.78 bits per heavy atom. The highest BCUT2D eigenvalue weighted by molar-refractivity contribution is 6.00. The van der Waals surface area contributed by atoms with Crippen LogP contribution in [0.3, 0.4) is 0 Å². The minimum Gasteiger partial charge on any atom is -0.381 e. The van der Waals surface area contributed by atoms with Crippen molar-refractivity contribution >= 4 is 28.8 Å². The molecular weight excluding hydrogens is 452 g/mol. The number of aromatic nitrogens is 1. The van der Waals surface area contributed by atoms with E-state index in [1.54, 1.807) is 6.20 Å². The molecule has 3 aliphatic heterocycles. The minimum absolute atomic E-state index is 0.0263. The first kappa shape index (κ1) is 23.7. The minimum atomic E-state index is 0.0263. The van der Waals surface area contributed by atoms with Crippen LogP contribution in [-0.2, 0) is 20.8 Å². The molecule has 6 rings (SSSR count). The van der Waals surface area contributed by atoms with Crippen molar-refractivity contribution in [1.82, 2.24) is 4.98 Å². The van der Waals surface area contributed by atoms with E-state index in [1.807, 2.05) is 11.0 Å². The van der Waals surface area contributed by atoms with E-state index in [-0.39, 0.29) is 24.0 Å². The van der Waals surface area contributed by atoms with Crippen LogP contribution in [0.5, 0.6) is 0 Å². The van der Waals surface area contributed by atoms with Crippen molar-refractivity contribution in [3.63, 3.8) is 0 Å². The van der Waals surface area contributed by atoms with E-state index in [0.29, 0.717) is 12.0 Å². The van der Waals surface area contributed by atoms with E-state index in [9.17, 15) is 4.79 Å². The molecule has 0 unspecified atom stereocenters. The van der Waals surface area contributed by atoms with Crippen LogP contribution in [0.15, 0.2) is 36.5 Å². The summed E-state index contributed by atoms with van der Waals surface area (Å²) in [6.07, 6.45) is 8.35. The van der Waals surface area contributed by atoms with Gasteiger partial charge in [0.15, 0.2) is 0 Å². The Bertz CT molecular complexity index is 1100. The second kappa shape index (κ2) is 9.67. The van der Waals surface area contributed by atoms with Gasteiger partial charge in [0.2, 0.25) is 5.91 Å². The van der Waals surface area contributed by atoms with E-state index in [4.69, 9.17) is 9.47 Å². The molecule has 1 saturated carbocycles. The van der Waals surface area contributed by atoms with Crippen LogP contribution in [-0.4, -0.2) is 49.4 Å². The first-order valence-electron chi connectivity index (χ1n) is 13.6. The number of carbonyl (C=O) groups excluding carboxylic acids is 1. The van der Waals surface area contributed by atoms with Crippen LogP contribution >= 0.6 is 0 Å². The van der Waals surface area contributed by atoms with Crippen molar-refractivity contribution in [3.05, 3.63) is 42.1 Å². The molecule has 1 N–H and O–H groups in total. The molecule has 7 nitrogen and oxygen atoms in total. The molecule has 0 atom stereocenters. The number of rotatable bonds is 4. The number of benzene rings is 1. The summed E-state index contributed by atoms with van der Waals surface area (Å²) < 4.78 is 11.8. The third kappa shape index (κ3) is 4.59. The van der Waals surface area contributed by atoms with Gasteiger partial charge in [-0.1, -0.05) is 6.07 Å². The molecule has 1 amide bonds. The Balaban J connectivity index is 1.25. The predicted molar refractivity (Wildman–Crippen MR) is 142 cm³/mol. The molecule has 4 aliphatic rings. The first-order chi connectivity index (χ1) is 17.5. The Morgan fingerprint density at radius 1 is 1.19 bits per heavy atom. The maximum atomic E-state index is 14.0.